The minimum absolute atomic E-state index is 0.00577. The first kappa shape index (κ1) is 31.0. The molecular formula is C33H27F4N3O5. The molecule has 0 radical (unpaired) electrons. The molecule has 45 heavy (non-hydrogen) atoms. The molecule has 0 spiro atoms. The van der Waals surface area contributed by atoms with Crippen molar-refractivity contribution in [1.82, 2.24) is 15.1 Å². The lowest BCUT2D eigenvalue weighted by atomic mass is 10.0. The second kappa shape index (κ2) is 12.7. The average Bonchev–Trinajstić information content (AvgIpc) is 3.46. The van der Waals surface area contributed by atoms with Crippen LogP contribution in [0.5, 0.6) is 11.5 Å². The van der Waals surface area contributed by atoms with Crippen molar-refractivity contribution in [3.63, 3.8) is 0 Å². The van der Waals surface area contributed by atoms with Crippen LogP contribution < -0.4 is 14.8 Å². The third-order valence-corrected chi connectivity index (χ3v) is 7.18. The van der Waals surface area contributed by atoms with Gasteiger partial charge in [0, 0.05) is 23.2 Å². The molecular weight excluding hydrogens is 594 g/mol. The van der Waals surface area contributed by atoms with Gasteiger partial charge in [-0.3, -0.25) is 14.3 Å². The first-order valence-corrected chi connectivity index (χ1v) is 13.7. The second-order valence-electron chi connectivity index (χ2n) is 10.2. The molecule has 0 fully saturated rings. The second-order valence-corrected chi connectivity index (χ2v) is 10.2. The summed E-state index contributed by atoms with van der Waals surface area (Å²) in [6.07, 6.45) is -5.24. The van der Waals surface area contributed by atoms with E-state index in [9.17, 15) is 27.2 Å². The van der Waals surface area contributed by atoms with Gasteiger partial charge in [-0.1, -0.05) is 30.3 Å². The van der Waals surface area contributed by atoms with Gasteiger partial charge in [0.05, 0.1) is 31.0 Å². The smallest absolute Gasteiger partial charge is 0.497 e. The van der Waals surface area contributed by atoms with Gasteiger partial charge in [0.1, 0.15) is 5.75 Å². The number of fused-ring (bicyclic) bond motifs is 1. The van der Waals surface area contributed by atoms with Crippen LogP contribution in [-0.4, -0.2) is 46.8 Å². The number of rotatable bonds is 10. The number of nitrogens with zero attached hydrogens (tertiary/aromatic N) is 2. The van der Waals surface area contributed by atoms with Crippen LogP contribution in [0, 0.1) is 5.82 Å². The SMILES string of the molecule is COc1ccc2cc(-c3cc(-c4ccc(OC(F)(F)F)c(F)c4)nn3C(C)c3ccc(C(=O)NCCC(=O)O)cc3)ccc2c1. The summed E-state index contributed by atoms with van der Waals surface area (Å²) >= 11 is 0. The van der Waals surface area contributed by atoms with Gasteiger partial charge in [0.15, 0.2) is 11.6 Å². The number of carboxylic acid groups (broad SMARTS) is 1. The lowest BCUT2D eigenvalue weighted by molar-refractivity contribution is -0.275. The molecule has 4 aromatic carbocycles. The van der Waals surface area contributed by atoms with Crippen LogP contribution in [0.25, 0.3) is 33.3 Å². The van der Waals surface area contributed by atoms with E-state index in [1.807, 2.05) is 43.3 Å². The van der Waals surface area contributed by atoms with E-state index in [-0.39, 0.29) is 18.5 Å². The molecule has 5 aromatic rings. The number of methoxy groups -OCH3 is 1. The number of benzene rings is 4. The van der Waals surface area contributed by atoms with Crippen LogP contribution >= 0.6 is 0 Å². The lowest BCUT2D eigenvalue weighted by Crippen LogP contribution is -2.26. The Kier molecular flexibility index (Phi) is 8.75. The summed E-state index contributed by atoms with van der Waals surface area (Å²) in [4.78, 5) is 23.2. The van der Waals surface area contributed by atoms with Crippen LogP contribution in [-0.2, 0) is 4.79 Å². The Morgan fingerprint density at radius 1 is 0.933 bits per heavy atom. The van der Waals surface area contributed by atoms with Crippen molar-refractivity contribution in [2.24, 2.45) is 0 Å². The van der Waals surface area contributed by atoms with Gasteiger partial charge in [-0.15, -0.1) is 13.2 Å². The summed E-state index contributed by atoms with van der Waals surface area (Å²) in [6.45, 7) is 1.88. The van der Waals surface area contributed by atoms with E-state index in [1.165, 1.54) is 6.07 Å². The van der Waals surface area contributed by atoms with Crippen molar-refractivity contribution in [2.75, 3.05) is 13.7 Å². The highest BCUT2D eigenvalue weighted by Crippen LogP contribution is 2.35. The highest BCUT2D eigenvalue weighted by atomic mass is 19.4. The van der Waals surface area contributed by atoms with Gasteiger partial charge >= 0.3 is 12.3 Å². The highest BCUT2D eigenvalue weighted by molar-refractivity contribution is 5.94. The molecule has 0 saturated carbocycles. The Labute approximate surface area is 254 Å². The van der Waals surface area contributed by atoms with Crippen LogP contribution in [0.2, 0.25) is 0 Å². The zero-order chi connectivity index (χ0) is 32.3. The minimum atomic E-state index is -5.04. The summed E-state index contributed by atoms with van der Waals surface area (Å²) < 4.78 is 63.5. The zero-order valence-corrected chi connectivity index (χ0v) is 24.1. The molecule has 0 bridgehead atoms. The van der Waals surface area contributed by atoms with Crippen molar-refractivity contribution in [1.29, 1.82) is 0 Å². The topological polar surface area (TPSA) is 103 Å². The van der Waals surface area contributed by atoms with Crippen LogP contribution in [0.1, 0.15) is 35.3 Å². The minimum Gasteiger partial charge on any atom is -0.497 e. The van der Waals surface area contributed by atoms with Gasteiger partial charge in [-0.2, -0.15) is 5.10 Å². The molecule has 232 valence electrons. The summed E-state index contributed by atoms with van der Waals surface area (Å²) in [5.74, 6) is -2.86. The van der Waals surface area contributed by atoms with Crippen molar-refractivity contribution >= 4 is 22.6 Å². The fourth-order valence-corrected chi connectivity index (χ4v) is 4.86. The van der Waals surface area contributed by atoms with Crippen molar-refractivity contribution < 1.29 is 41.7 Å². The lowest BCUT2D eigenvalue weighted by Gasteiger charge is -2.17. The molecule has 1 atom stereocenters. The fraction of sp³-hybridized carbons (Fsp3) is 0.182. The number of aromatic nitrogens is 2. The third kappa shape index (κ3) is 7.23. The number of hydrogen-bond donors (Lipinski definition) is 2. The first-order chi connectivity index (χ1) is 21.4. The van der Waals surface area contributed by atoms with Gasteiger partial charge < -0.3 is 19.9 Å². The Hall–Kier alpha value is -5.39. The number of alkyl halides is 3. The van der Waals surface area contributed by atoms with Gasteiger partial charge in [0.25, 0.3) is 5.91 Å². The van der Waals surface area contributed by atoms with E-state index < -0.39 is 35.8 Å². The normalized spacial score (nSPS) is 12.1. The molecule has 8 nitrogen and oxygen atoms in total. The van der Waals surface area contributed by atoms with E-state index in [1.54, 1.807) is 42.1 Å². The maximum absolute atomic E-state index is 14.6. The summed E-state index contributed by atoms with van der Waals surface area (Å²) in [5.41, 5.74) is 3.12. The fourth-order valence-electron chi connectivity index (χ4n) is 4.86. The van der Waals surface area contributed by atoms with E-state index in [4.69, 9.17) is 14.9 Å². The van der Waals surface area contributed by atoms with Gasteiger partial charge in [-0.25, -0.2) is 4.39 Å². The molecule has 5 rings (SSSR count). The molecule has 1 heterocycles. The van der Waals surface area contributed by atoms with Crippen LogP contribution in [0.15, 0.2) is 84.9 Å². The van der Waals surface area contributed by atoms with Crippen molar-refractivity contribution in [2.45, 2.75) is 25.7 Å². The monoisotopic (exact) mass is 621 g/mol. The third-order valence-electron chi connectivity index (χ3n) is 7.18. The van der Waals surface area contributed by atoms with Crippen molar-refractivity contribution in [3.8, 4) is 34.0 Å². The molecule has 0 aliphatic heterocycles. The predicted molar refractivity (Wildman–Crippen MR) is 159 cm³/mol. The van der Waals surface area contributed by atoms with Crippen LogP contribution in [0.3, 0.4) is 0 Å². The largest absolute Gasteiger partial charge is 0.573 e. The number of amides is 1. The molecule has 1 aromatic heterocycles. The number of halogens is 4. The zero-order valence-electron chi connectivity index (χ0n) is 24.1. The molecule has 1 amide bonds. The standard InChI is InChI=1S/C33H27F4N3O5/c1-19(20-3-5-21(6-4-20)32(43)38-14-13-31(41)42)40-29(25-8-7-23-16-26(44-2)11-9-22(23)15-25)18-28(39-40)24-10-12-30(27(34)17-24)45-33(35,36)37/h3-12,15-19H,13-14H2,1-2H3,(H,38,43)(H,41,42). The number of aliphatic carboxylic acids is 1. The number of carbonyl (C=O) groups excluding carboxylic acids is 1. The van der Waals surface area contributed by atoms with Gasteiger partial charge in [-0.05, 0) is 77.9 Å². The summed E-state index contributed by atoms with van der Waals surface area (Å²) in [6, 6.07) is 22.6. The van der Waals surface area contributed by atoms with E-state index in [0.717, 1.165) is 34.0 Å². The maximum Gasteiger partial charge on any atom is 0.573 e. The molecule has 12 heteroatoms. The van der Waals surface area contributed by atoms with Crippen molar-refractivity contribution in [3.05, 3.63) is 102 Å². The summed E-state index contributed by atoms with van der Waals surface area (Å²) in [5, 5.41) is 17.9. The van der Waals surface area contributed by atoms with E-state index in [0.29, 0.717) is 22.7 Å². The maximum atomic E-state index is 14.6. The molecule has 0 aliphatic carbocycles. The highest BCUT2D eigenvalue weighted by Gasteiger charge is 2.32. The first-order valence-electron chi connectivity index (χ1n) is 13.7. The number of nitrogens with one attached hydrogen (secondary N) is 1. The van der Waals surface area contributed by atoms with Crippen LogP contribution in [0.4, 0.5) is 17.6 Å². The molecule has 0 saturated heterocycles. The molecule has 2 N–H and O–H groups in total. The number of carboxylic acids is 1. The molecule has 1 unspecified atom stereocenters. The number of hydrogen-bond acceptors (Lipinski definition) is 5. The Morgan fingerprint density at radius 2 is 1.62 bits per heavy atom. The molecule has 0 aliphatic rings. The number of carbonyl (C=O) groups is 2. The van der Waals surface area contributed by atoms with E-state index >= 15 is 0 Å². The van der Waals surface area contributed by atoms with E-state index in [2.05, 4.69) is 10.1 Å². The predicted octanol–water partition coefficient (Wildman–Crippen LogP) is 7.23. The summed E-state index contributed by atoms with van der Waals surface area (Å²) in [7, 11) is 1.58. The Balaban J connectivity index is 1.52. The van der Waals surface area contributed by atoms with Gasteiger partial charge in [0.2, 0.25) is 0 Å². The quantitative estimate of drug-likeness (QED) is 0.160. The number of ether oxygens (including phenoxy) is 2. The Bertz CT molecular complexity index is 1870. The average molecular weight is 622 g/mol. The Morgan fingerprint density at radius 3 is 2.29 bits per heavy atom.